The van der Waals surface area contributed by atoms with Crippen molar-refractivity contribution in [2.45, 2.75) is 46.7 Å². The van der Waals surface area contributed by atoms with Gasteiger partial charge in [-0.05, 0) is 46.8 Å². The molecule has 0 saturated carbocycles. The summed E-state index contributed by atoms with van der Waals surface area (Å²) in [6.45, 7) is 9.97. The molecule has 0 aliphatic carbocycles. The smallest absolute Gasteiger partial charge is 0.230 e. The number of rotatable bonds is 4. The molecule has 0 aliphatic rings. The van der Waals surface area contributed by atoms with Gasteiger partial charge in [-0.15, -0.1) is 0 Å². The van der Waals surface area contributed by atoms with Crippen LogP contribution in [0.1, 0.15) is 39.1 Å². The second kappa shape index (κ2) is 5.29. The zero-order valence-corrected chi connectivity index (χ0v) is 12.8. The van der Waals surface area contributed by atoms with Gasteiger partial charge in [0.15, 0.2) is 0 Å². The Morgan fingerprint density at radius 2 is 1.89 bits per heavy atom. The predicted molar refractivity (Wildman–Crippen MR) is 77.5 cm³/mol. The number of hydrogen-bond acceptors (Lipinski definition) is 3. The first-order chi connectivity index (χ1) is 8.55. The average molecular weight is 263 g/mol. The van der Waals surface area contributed by atoms with Crippen molar-refractivity contribution in [2.75, 3.05) is 7.05 Å². The molecule has 0 saturated heterocycles. The van der Waals surface area contributed by atoms with Crippen molar-refractivity contribution < 1.29 is 4.79 Å². The lowest BCUT2D eigenvalue weighted by Crippen LogP contribution is -2.55. The van der Waals surface area contributed by atoms with Crippen molar-refractivity contribution in [3.8, 4) is 0 Å². The molecule has 0 spiro atoms. The third-order valence-corrected chi connectivity index (χ3v) is 3.84. The third-order valence-electron chi connectivity index (χ3n) is 3.84. The SMILES string of the molecule is Cc1cccc(CN(C)C(=O)C(C)(C)C(C)(C)N)n1. The van der Waals surface area contributed by atoms with Crippen LogP contribution in [0.5, 0.6) is 0 Å². The summed E-state index contributed by atoms with van der Waals surface area (Å²) in [5.74, 6) is 0.0308. The van der Waals surface area contributed by atoms with E-state index in [1.807, 2.05) is 52.8 Å². The van der Waals surface area contributed by atoms with E-state index in [-0.39, 0.29) is 5.91 Å². The van der Waals surface area contributed by atoms with E-state index >= 15 is 0 Å². The zero-order valence-electron chi connectivity index (χ0n) is 12.8. The second-order valence-electron chi connectivity index (χ2n) is 6.28. The molecule has 106 valence electrons. The van der Waals surface area contributed by atoms with Gasteiger partial charge < -0.3 is 10.6 Å². The largest absolute Gasteiger partial charge is 0.339 e. The van der Waals surface area contributed by atoms with Gasteiger partial charge in [0.25, 0.3) is 0 Å². The quantitative estimate of drug-likeness (QED) is 0.905. The lowest BCUT2D eigenvalue weighted by atomic mass is 9.74. The fourth-order valence-corrected chi connectivity index (χ4v) is 1.76. The van der Waals surface area contributed by atoms with Crippen LogP contribution in [0.25, 0.3) is 0 Å². The Morgan fingerprint density at radius 3 is 2.37 bits per heavy atom. The van der Waals surface area contributed by atoms with E-state index in [1.165, 1.54) is 0 Å². The number of hydrogen-bond donors (Lipinski definition) is 1. The van der Waals surface area contributed by atoms with Gasteiger partial charge in [0.1, 0.15) is 0 Å². The molecule has 0 aromatic carbocycles. The minimum atomic E-state index is -0.619. The van der Waals surface area contributed by atoms with Gasteiger partial charge in [-0.25, -0.2) is 0 Å². The molecule has 0 aliphatic heterocycles. The molecule has 2 N–H and O–H groups in total. The molecule has 1 aromatic rings. The van der Waals surface area contributed by atoms with Crippen molar-refractivity contribution >= 4 is 5.91 Å². The standard InChI is InChI=1S/C15H25N3O/c1-11-8-7-9-12(17-11)10-18(6)13(19)14(2,3)15(4,5)16/h7-9H,10,16H2,1-6H3. The molecule has 1 amide bonds. The summed E-state index contributed by atoms with van der Waals surface area (Å²) >= 11 is 0. The van der Waals surface area contributed by atoms with E-state index in [1.54, 1.807) is 11.9 Å². The Labute approximate surface area is 116 Å². The summed E-state index contributed by atoms with van der Waals surface area (Å²) in [6.07, 6.45) is 0. The number of nitrogens with two attached hydrogens (primary N) is 1. The Bertz CT molecular complexity index is 461. The first-order valence-corrected chi connectivity index (χ1v) is 6.52. The summed E-state index contributed by atoms with van der Waals surface area (Å²) in [5, 5.41) is 0. The van der Waals surface area contributed by atoms with Crippen LogP contribution in [-0.2, 0) is 11.3 Å². The maximum Gasteiger partial charge on any atom is 0.230 e. The van der Waals surface area contributed by atoms with Crippen LogP contribution in [0.2, 0.25) is 0 Å². The van der Waals surface area contributed by atoms with Gasteiger partial charge in [0.2, 0.25) is 5.91 Å². The Kier molecular flexibility index (Phi) is 4.35. The van der Waals surface area contributed by atoms with Crippen molar-refractivity contribution in [1.82, 2.24) is 9.88 Å². The number of carbonyl (C=O) groups is 1. The molecule has 0 radical (unpaired) electrons. The highest BCUT2D eigenvalue weighted by Gasteiger charge is 2.41. The normalized spacial score (nSPS) is 12.4. The van der Waals surface area contributed by atoms with Crippen LogP contribution in [0.3, 0.4) is 0 Å². The number of amides is 1. The number of nitrogens with zero attached hydrogens (tertiary/aromatic N) is 2. The highest BCUT2D eigenvalue weighted by molar-refractivity contribution is 5.83. The maximum atomic E-state index is 12.5. The molecule has 0 fully saturated rings. The average Bonchev–Trinajstić information content (AvgIpc) is 2.26. The minimum absolute atomic E-state index is 0.0308. The van der Waals surface area contributed by atoms with Crippen LogP contribution in [0, 0.1) is 12.3 Å². The van der Waals surface area contributed by atoms with E-state index < -0.39 is 11.0 Å². The summed E-state index contributed by atoms with van der Waals surface area (Å²) in [4.78, 5) is 18.6. The van der Waals surface area contributed by atoms with Gasteiger partial charge >= 0.3 is 0 Å². The molecule has 1 heterocycles. The summed E-state index contributed by atoms with van der Waals surface area (Å²) in [5.41, 5.74) is 6.76. The monoisotopic (exact) mass is 263 g/mol. The van der Waals surface area contributed by atoms with E-state index in [9.17, 15) is 4.79 Å². The minimum Gasteiger partial charge on any atom is -0.339 e. The predicted octanol–water partition coefficient (Wildman–Crippen LogP) is 2.11. The summed E-state index contributed by atoms with van der Waals surface area (Å²) < 4.78 is 0. The molecule has 19 heavy (non-hydrogen) atoms. The fourth-order valence-electron chi connectivity index (χ4n) is 1.76. The molecule has 4 nitrogen and oxygen atoms in total. The zero-order chi connectivity index (χ0) is 14.8. The molecule has 1 aromatic heterocycles. The van der Waals surface area contributed by atoms with E-state index in [4.69, 9.17) is 5.73 Å². The molecular formula is C15H25N3O. The molecular weight excluding hydrogens is 238 g/mol. The molecule has 0 atom stereocenters. The lowest BCUT2D eigenvalue weighted by molar-refractivity contribution is -0.142. The molecule has 0 unspecified atom stereocenters. The molecule has 4 heteroatoms. The third kappa shape index (κ3) is 3.53. The van der Waals surface area contributed by atoms with Crippen molar-refractivity contribution in [3.05, 3.63) is 29.6 Å². The van der Waals surface area contributed by atoms with Crippen LogP contribution < -0.4 is 5.73 Å². The van der Waals surface area contributed by atoms with Gasteiger partial charge in [0, 0.05) is 18.3 Å². The highest BCUT2D eigenvalue weighted by Crippen LogP contribution is 2.30. The fraction of sp³-hybridized carbons (Fsp3) is 0.600. The van der Waals surface area contributed by atoms with E-state index in [0.29, 0.717) is 6.54 Å². The Balaban J connectivity index is 2.84. The van der Waals surface area contributed by atoms with Crippen molar-refractivity contribution in [2.24, 2.45) is 11.1 Å². The summed E-state index contributed by atoms with van der Waals surface area (Å²) in [7, 11) is 1.79. The van der Waals surface area contributed by atoms with Crippen LogP contribution >= 0.6 is 0 Å². The van der Waals surface area contributed by atoms with Crippen LogP contribution in [-0.4, -0.2) is 28.4 Å². The van der Waals surface area contributed by atoms with Gasteiger partial charge in [-0.3, -0.25) is 9.78 Å². The van der Waals surface area contributed by atoms with E-state index in [2.05, 4.69) is 4.98 Å². The first kappa shape index (κ1) is 15.6. The Hall–Kier alpha value is -1.42. The van der Waals surface area contributed by atoms with Gasteiger partial charge in [-0.1, -0.05) is 6.07 Å². The number of pyridine rings is 1. The number of aromatic nitrogens is 1. The summed E-state index contributed by atoms with van der Waals surface area (Å²) in [6, 6.07) is 5.82. The van der Waals surface area contributed by atoms with Crippen molar-refractivity contribution in [3.63, 3.8) is 0 Å². The first-order valence-electron chi connectivity index (χ1n) is 6.52. The second-order valence-corrected chi connectivity index (χ2v) is 6.28. The van der Waals surface area contributed by atoms with Gasteiger partial charge in [0.05, 0.1) is 17.7 Å². The lowest BCUT2D eigenvalue weighted by Gasteiger charge is -2.39. The van der Waals surface area contributed by atoms with E-state index in [0.717, 1.165) is 11.4 Å². The highest BCUT2D eigenvalue weighted by atomic mass is 16.2. The topological polar surface area (TPSA) is 59.2 Å². The van der Waals surface area contributed by atoms with Gasteiger partial charge in [-0.2, -0.15) is 0 Å². The Morgan fingerprint density at radius 1 is 1.32 bits per heavy atom. The van der Waals surface area contributed by atoms with Crippen LogP contribution in [0.15, 0.2) is 18.2 Å². The molecule has 0 bridgehead atoms. The van der Waals surface area contributed by atoms with Crippen LogP contribution in [0.4, 0.5) is 0 Å². The number of aryl methyl sites for hydroxylation is 1. The van der Waals surface area contributed by atoms with Crippen molar-refractivity contribution in [1.29, 1.82) is 0 Å². The number of carbonyl (C=O) groups excluding carboxylic acids is 1. The molecule has 1 rings (SSSR count). The maximum absolute atomic E-state index is 12.5.